The van der Waals surface area contributed by atoms with Gasteiger partial charge in [0.05, 0.1) is 17.6 Å². The lowest BCUT2D eigenvalue weighted by atomic mass is 10.0. The summed E-state index contributed by atoms with van der Waals surface area (Å²) in [5.74, 6) is -0.0363. The highest BCUT2D eigenvalue weighted by molar-refractivity contribution is 5.80. The maximum absolute atomic E-state index is 12.0. The van der Waals surface area contributed by atoms with Crippen molar-refractivity contribution in [2.45, 2.75) is 25.4 Å². The highest BCUT2D eigenvalue weighted by Gasteiger charge is 2.25. The van der Waals surface area contributed by atoms with E-state index in [0.29, 0.717) is 19.4 Å². The molecule has 1 heterocycles. The van der Waals surface area contributed by atoms with Gasteiger partial charge in [-0.3, -0.25) is 0 Å². The SMILES string of the molecule is CN(C)Cc1nc2ccccc2n1C(CCc1ccccc1)C(=O)O. The number of aromatic nitrogens is 2. The van der Waals surface area contributed by atoms with Gasteiger partial charge in [0.2, 0.25) is 0 Å². The molecule has 1 N–H and O–H groups in total. The van der Waals surface area contributed by atoms with Crippen LogP contribution in [-0.2, 0) is 17.8 Å². The van der Waals surface area contributed by atoms with E-state index >= 15 is 0 Å². The largest absolute Gasteiger partial charge is 0.480 e. The number of nitrogens with zero attached hydrogens (tertiary/aromatic N) is 3. The van der Waals surface area contributed by atoms with E-state index in [0.717, 1.165) is 22.4 Å². The standard InChI is InChI=1S/C20H23N3O2/c1-22(2)14-19-21-16-10-6-7-11-17(16)23(19)18(20(24)25)13-12-15-8-4-3-5-9-15/h3-11,18H,12-14H2,1-2H3,(H,24,25). The molecule has 2 aromatic carbocycles. The van der Waals surface area contributed by atoms with Crippen LogP contribution in [0.2, 0.25) is 0 Å². The van der Waals surface area contributed by atoms with Gasteiger partial charge in [0.15, 0.2) is 0 Å². The van der Waals surface area contributed by atoms with Crippen molar-refractivity contribution in [1.29, 1.82) is 0 Å². The van der Waals surface area contributed by atoms with Gasteiger partial charge in [0, 0.05) is 0 Å². The Morgan fingerprint density at radius 1 is 1.12 bits per heavy atom. The average molecular weight is 337 g/mol. The van der Waals surface area contributed by atoms with Crippen LogP contribution < -0.4 is 0 Å². The summed E-state index contributed by atoms with van der Waals surface area (Å²) in [7, 11) is 3.92. The molecule has 0 amide bonds. The third-order valence-electron chi connectivity index (χ3n) is 4.27. The zero-order valence-corrected chi connectivity index (χ0v) is 14.6. The first kappa shape index (κ1) is 17.2. The molecule has 0 aliphatic carbocycles. The average Bonchev–Trinajstić information content (AvgIpc) is 2.93. The minimum Gasteiger partial charge on any atom is -0.480 e. The number of carboxylic acids is 1. The molecule has 0 saturated heterocycles. The summed E-state index contributed by atoms with van der Waals surface area (Å²) in [6.07, 6.45) is 1.24. The number of para-hydroxylation sites is 2. The van der Waals surface area contributed by atoms with Gasteiger partial charge in [-0.15, -0.1) is 0 Å². The van der Waals surface area contributed by atoms with Crippen LogP contribution in [0.4, 0.5) is 0 Å². The van der Waals surface area contributed by atoms with Gasteiger partial charge in [-0.1, -0.05) is 42.5 Å². The lowest BCUT2D eigenvalue weighted by Crippen LogP contribution is -2.24. The minimum atomic E-state index is -0.820. The van der Waals surface area contributed by atoms with Crippen molar-refractivity contribution >= 4 is 17.0 Å². The van der Waals surface area contributed by atoms with Gasteiger partial charge in [-0.2, -0.15) is 0 Å². The molecule has 0 saturated carbocycles. The molecule has 130 valence electrons. The normalized spacial score (nSPS) is 12.6. The zero-order valence-electron chi connectivity index (χ0n) is 14.6. The van der Waals surface area contributed by atoms with Crippen molar-refractivity contribution in [2.75, 3.05) is 14.1 Å². The Hall–Kier alpha value is -2.66. The maximum Gasteiger partial charge on any atom is 0.326 e. The number of fused-ring (bicyclic) bond motifs is 1. The van der Waals surface area contributed by atoms with E-state index in [1.807, 2.05) is 78.2 Å². The number of benzene rings is 2. The summed E-state index contributed by atoms with van der Waals surface area (Å²) in [5, 5.41) is 9.88. The van der Waals surface area contributed by atoms with Gasteiger partial charge in [0.25, 0.3) is 0 Å². The Morgan fingerprint density at radius 2 is 1.80 bits per heavy atom. The molecule has 0 aliphatic rings. The van der Waals surface area contributed by atoms with E-state index in [2.05, 4.69) is 4.98 Å². The number of hydrogen-bond donors (Lipinski definition) is 1. The van der Waals surface area contributed by atoms with Crippen molar-refractivity contribution < 1.29 is 9.90 Å². The molecule has 1 aromatic heterocycles. The van der Waals surface area contributed by atoms with Crippen molar-refractivity contribution in [1.82, 2.24) is 14.5 Å². The summed E-state index contributed by atoms with van der Waals surface area (Å²) in [5.41, 5.74) is 2.86. The number of carbonyl (C=O) groups is 1. The van der Waals surface area contributed by atoms with Crippen LogP contribution in [0.5, 0.6) is 0 Å². The van der Waals surface area contributed by atoms with Crippen LogP contribution in [0.3, 0.4) is 0 Å². The van der Waals surface area contributed by atoms with Gasteiger partial charge in [-0.25, -0.2) is 9.78 Å². The Balaban J connectivity index is 1.98. The second kappa shape index (κ2) is 7.49. The maximum atomic E-state index is 12.0. The smallest absolute Gasteiger partial charge is 0.326 e. The highest BCUT2D eigenvalue weighted by atomic mass is 16.4. The number of carboxylic acid groups (broad SMARTS) is 1. The Kier molecular flexibility index (Phi) is 5.14. The highest BCUT2D eigenvalue weighted by Crippen LogP contribution is 2.25. The van der Waals surface area contributed by atoms with E-state index in [1.165, 1.54) is 0 Å². The molecular formula is C20H23N3O2. The molecule has 25 heavy (non-hydrogen) atoms. The summed E-state index contributed by atoms with van der Waals surface area (Å²) in [6.45, 7) is 0.601. The summed E-state index contributed by atoms with van der Waals surface area (Å²) in [6, 6.07) is 17.1. The monoisotopic (exact) mass is 337 g/mol. The quantitative estimate of drug-likeness (QED) is 0.718. The number of aliphatic carboxylic acids is 1. The van der Waals surface area contributed by atoms with Crippen molar-refractivity contribution in [3.63, 3.8) is 0 Å². The molecule has 3 rings (SSSR count). The molecule has 5 nitrogen and oxygen atoms in total. The van der Waals surface area contributed by atoms with E-state index in [4.69, 9.17) is 0 Å². The fraction of sp³-hybridized carbons (Fsp3) is 0.300. The molecule has 0 spiro atoms. The first-order valence-corrected chi connectivity index (χ1v) is 8.43. The van der Waals surface area contributed by atoms with Crippen LogP contribution >= 0.6 is 0 Å². The van der Waals surface area contributed by atoms with E-state index < -0.39 is 12.0 Å². The Labute approximate surface area is 147 Å². The predicted octanol–water partition coefficient (Wildman–Crippen LogP) is 3.36. The summed E-state index contributed by atoms with van der Waals surface area (Å²) in [4.78, 5) is 18.7. The topological polar surface area (TPSA) is 58.4 Å². The molecule has 0 aliphatic heterocycles. The fourth-order valence-corrected chi connectivity index (χ4v) is 3.15. The van der Waals surface area contributed by atoms with Crippen LogP contribution in [0.25, 0.3) is 11.0 Å². The number of rotatable bonds is 7. The van der Waals surface area contributed by atoms with Crippen LogP contribution in [0, 0.1) is 0 Å². The Bertz CT molecular complexity index is 856. The number of imidazole rings is 1. The van der Waals surface area contributed by atoms with Gasteiger partial charge in [-0.05, 0) is 44.6 Å². The molecule has 1 atom stereocenters. The van der Waals surface area contributed by atoms with Crippen LogP contribution in [-0.4, -0.2) is 39.6 Å². The predicted molar refractivity (Wildman–Crippen MR) is 98.6 cm³/mol. The van der Waals surface area contributed by atoms with Crippen molar-refractivity contribution in [2.24, 2.45) is 0 Å². The molecule has 1 unspecified atom stereocenters. The van der Waals surface area contributed by atoms with Gasteiger partial charge < -0.3 is 14.6 Å². The third-order valence-corrected chi connectivity index (χ3v) is 4.27. The summed E-state index contributed by atoms with van der Waals surface area (Å²) >= 11 is 0. The number of hydrogen-bond acceptors (Lipinski definition) is 3. The first-order chi connectivity index (χ1) is 12.1. The molecule has 0 fully saturated rings. The minimum absolute atomic E-state index is 0.528. The molecule has 5 heteroatoms. The molecule has 0 radical (unpaired) electrons. The van der Waals surface area contributed by atoms with E-state index in [-0.39, 0.29) is 0 Å². The van der Waals surface area contributed by atoms with E-state index in [9.17, 15) is 9.90 Å². The second-order valence-corrected chi connectivity index (χ2v) is 6.50. The molecule has 3 aromatic rings. The third kappa shape index (κ3) is 3.88. The second-order valence-electron chi connectivity index (χ2n) is 6.50. The zero-order chi connectivity index (χ0) is 17.8. The Morgan fingerprint density at radius 3 is 2.48 bits per heavy atom. The lowest BCUT2D eigenvalue weighted by molar-refractivity contribution is -0.141. The first-order valence-electron chi connectivity index (χ1n) is 8.43. The van der Waals surface area contributed by atoms with Crippen molar-refractivity contribution in [3.05, 3.63) is 66.0 Å². The van der Waals surface area contributed by atoms with E-state index in [1.54, 1.807) is 0 Å². The van der Waals surface area contributed by atoms with Crippen LogP contribution in [0.15, 0.2) is 54.6 Å². The fourth-order valence-electron chi connectivity index (χ4n) is 3.15. The van der Waals surface area contributed by atoms with Crippen LogP contribution in [0.1, 0.15) is 23.9 Å². The number of aryl methyl sites for hydroxylation is 1. The van der Waals surface area contributed by atoms with Gasteiger partial charge in [0.1, 0.15) is 11.9 Å². The van der Waals surface area contributed by atoms with Gasteiger partial charge >= 0.3 is 5.97 Å². The lowest BCUT2D eigenvalue weighted by Gasteiger charge is -2.19. The molecular weight excluding hydrogens is 314 g/mol. The summed E-state index contributed by atoms with van der Waals surface area (Å²) < 4.78 is 1.89. The van der Waals surface area contributed by atoms with Crippen molar-refractivity contribution in [3.8, 4) is 0 Å². The molecule has 0 bridgehead atoms.